The highest BCUT2D eigenvalue weighted by Crippen LogP contribution is 2.34. The van der Waals surface area contributed by atoms with Crippen molar-refractivity contribution in [2.75, 3.05) is 23.7 Å². The van der Waals surface area contributed by atoms with E-state index in [0.29, 0.717) is 50.1 Å². The number of hydrogen-bond acceptors (Lipinski definition) is 12. The molecule has 0 bridgehead atoms. The van der Waals surface area contributed by atoms with Crippen LogP contribution in [0.4, 0.5) is 45.1 Å². The Balaban J connectivity index is 0.910. The summed E-state index contributed by atoms with van der Waals surface area (Å²) >= 11 is 0. The van der Waals surface area contributed by atoms with Gasteiger partial charge in [0.1, 0.15) is 36.3 Å². The van der Waals surface area contributed by atoms with Gasteiger partial charge in [0, 0.05) is 75.6 Å². The molecular weight excluding hydrogens is 978 g/mol. The number of aromatic nitrogens is 11. The predicted molar refractivity (Wildman–Crippen MR) is 268 cm³/mol. The zero-order chi connectivity index (χ0) is 52.0. The number of alkyl halides is 5. The minimum absolute atomic E-state index is 0.0575. The first-order valence-corrected chi connectivity index (χ1v) is 23.3. The molecular formula is C52H42F5N15O3. The first-order valence-electron chi connectivity index (χ1n) is 23.3. The number of nitrogens with one attached hydrogen (secondary N) is 5. The van der Waals surface area contributed by atoms with Crippen LogP contribution in [-0.4, -0.2) is 102 Å². The third kappa shape index (κ3) is 9.95. The zero-order valence-electron chi connectivity index (χ0n) is 39.7. The summed E-state index contributed by atoms with van der Waals surface area (Å²) in [5, 5.41) is 23.2. The van der Waals surface area contributed by atoms with Crippen LogP contribution in [0.1, 0.15) is 33.5 Å². The van der Waals surface area contributed by atoms with Crippen molar-refractivity contribution >= 4 is 56.8 Å². The highest BCUT2D eigenvalue weighted by atomic mass is 19.4. The molecule has 11 rings (SSSR count). The average Bonchev–Trinajstić information content (AvgIpc) is 4.25. The Kier molecular flexibility index (Phi) is 12.3. The van der Waals surface area contributed by atoms with E-state index in [-0.39, 0.29) is 36.5 Å². The molecule has 10 aromatic rings. The quantitative estimate of drug-likeness (QED) is 0.0607. The van der Waals surface area contributed by atoms with E-state index in [9.17, 15) is 31.5 Å². The number of hydrogen-bond donors (Lipinski definition) is 5. The molecule has 1 fully saturated rings. The van der Waals surface area contributed by atoms with Crippen molar-refractivity contribution in [2.45, 2.75) is 38.4 Å². The van der Waals surface area contributed by atoms with Crippen molar-refractivity contribution in [1.29, 1.82) is 0 Å². The van der Waals surface area contributed by atoms with Crippen LogP contribution in [0.25, 0.3) is 66.8 Å². The second-order valence-electron chi connectivity index (χ2n) is 17.9. The number of ether oxygens (including phenoxy) is 1. The van der Waals surface area contributed by atoms with Crippen LogP contribution in [0.5, 0.6) is 0 Å². The Morgan fingerprint density at radius 2 is 1.39 bits per heavy atom. The van der Waals surface area contributed by atoms with Crippen LogP contribution >= 0.6 is 0 Å². The molecule has 1 aliphatic heterocycles. The number of nitrogens with zero attached hydrogens (tertiary/aromatic N) is 10. The second kappa shape index (κ2) is 19.2. The van der Waals surface area contributed by atoms with Gasteiger partial charge in [-0.25, -0.2) is 28.7 Å². The van der Waals surface area contributed by atoms with Crippen LogP contribution in [0.2, 0.25) is 0 Å². The van der Waals surface area contributed by atoms with Crippen molar-refractivity contribution in [3.63, 3.8) is 0 Å². The molecule has 18 nitrogen and oxygen atoms in total. The topological polar surface area (TPSA) is 214 Å². The molecule has 23 heteroatoms. The summed E-state index contributed by atoms with van der Waals surface area (Å²) in [6.45, 7) is -1.09. The largest absolute Gasteiger partial charge is 0.408 e. The second-order valence-corrected chi connectivity index (χ2v) is 17.9. The summed E-state index contributed by atoms with van der Waals surface area (Å²) in [5.74, 6) is -3.32. The first-order chi connectivity index (χ1) is 36.1. The smallest absolute Gasteiger partial charge is 0.356 e. The number of benzene rings is 4. The summed E-state index contributed by atoms with van der Waals surface area (Å²) in [6.07, 6.45) is 5.26. The normalized spacial score (nSPS) is 13.7. The third-order valence-corrected chi connectivity index (χ3v) is 12.8. The summed E-state index contributed by atoms with van der Waals surface area (Å²) in [4.78, 5) is 51.2. The highest BCUT2D eigenvalue weighted by Gasteiger charge is 2.47. The molecule has 75 heavy (non-hydrogen) atoms. The Bertz CT molecular complexity index is 3720. The van der Waals surface area contributed by atoms with Crippen LogP contribution in [-0.2, 0) is 25.1 Å². The van der Waals surface area contributed by atoms with Gasteiger partial charge in [0.25, 0.3) is 17.7 Å². The summed E-state index contributed by atoms with van der Waals surface area (Å²) < 4.78 is 78.7. The lowest BCUT2D eigenvalue weighted by atomic mass is 10.1. The lowest BCUT2D eigenvalue weighted by molar-refractivity contribution is -0.149. The molecule has 4 aromatic carbocycles. The molecule has 7 heterocycles. The molecule has 2 amide bonds. The number of rotatable bonds is 15. The highest BCUT2D eigenvalue weighted by molar-refractivity contribution is 6.01. The maximum absolute atomic E-state index is 14.2. The van der Waals surface area contributed by atoms with Gasteiger partial charge >= 0.3 is 6.18 Å². The van der Waals surface area contributed by atoms with Crippen molar-refractivity contribution in [1.82, 2.24) is 64.7 Å². The summed E-state index contributed by atoms with van der Waals surface area (Å²) in [5.41, 5.74) is 7.72. The van der Waals surface area contributed by atoms with Gasteiger partial charge < -0.3 is 34.7 Å². The maximum atomic E-state index is 14.2. The van der Waals surface area contributed by atoms with E-state index in [1.807, 2.05) is 53.8 Å². The van der Waals surface area contributed by atoms with E-state index in [1.165, 1.54) is 17.0 Å². The van der Waals surface area contributed by atoms with Gasteiger partial charge in [0.15, 0.2) is 11.6 Å². The molecule has 1 atom stereocenters. The maximum Gasteiger partial charge on any atom is 0.408 e. The molecule has 6 aromatic heterocycles. The van der Waals surface area contributed by atoms with E-state index in [0.717, 1.165) is 45.5 Å². The van der Waals surface area contributed by atoms with Crippen molar-refractivity contribution in [3.8, 4) is 45.0 Å². The number of likely N-dealkylation sites (tertiary alicyclic amines) is 1. The van der Waals surface area contributed by atoms with Gasteiger partial charge in [-0.1, -0.05) is 36.4 Å². The van der Waals surface area contributed by atoms with E-state index < -0.39 is 43.0 Å². The number of carbonyl (C=O) groups excluding carboxylic acids is 2. The van der Waals surface area contributed by atoms with Crippen LogP contribution < -0.4 is 16.0 Å². The molecule has 0 radical (unpaired) electrons. The van der Waals surface area contributed by atoms with Crippen LogP contribution in [0, 0.1) is 0 Å². The molecule has 5 N–H and O–H groups in total. The van der Waals surface area contributed by atoms with E-state index in [4.69, 9.17) is 9.72 Å². The van der Waals surface area contributed by atoms with Crippen LogP contribution in [0.3, 0.4) is 0 Å². The van der Waals surface area contributed by atoms with Gasteiger partial charge in [-0.3, -0.25) is 19.8 Å². The Labute approximate surface area is 422 Å². The molecule has 1 saturated heterocycles. The van der Waals surface area contributed by atoms with E-state index in [1.54, 1.807) is 85.1 Å². The molecule has 0 saturated carbocycles. The van der Waals surface area contributed by atoms with E-state index in [2.05, 4.69) is 51.0 Å². The summed E-state index contributed by atoms with van der Waals surface area (Å²) in [6, 6.07) is 26.6. The van der Waals surface area contributed by atoms with E-state index >= 15 is 0 Å². The van der Waals surface area contributed by atoms with Crippen molar-refractivity contribution in [3.05, 3.63) is 151 Å². The Hall–Kier alpha value is -9.38. The number of amides is 2. The number of anilines is 4. The van der Waals surface area contributed by atoms with Crippen molar-refractivity contribution < 1.29 is 36.3 Å². The number of aryl methyl sites for hydroxylation is 1. The lowest BCUT2D eigenvalue weighted by Crippen LogP contribution is -2.58. The van der Waals surface area contributed by atoms with Gasteiger partial charge in [-0.05, 0) is 84.3 Å². The van der Waals surface area contributed by atoms with Gasteiger partial charge in [0.05, 0.1) is 37.6 Å². The zero-order valence-corrected chi connectivity index (χ0v) is 39.7. The predicted octanol–water partition coefficient (Wildman–Crippen LogP) is 9.66. The molecule has 1 unspecified atom stereocenters. The number of fused-ring (bicyclic) bond motifs is 2. The first kappa shape index (κ1) is 47.9. The monoisotopic (exact) mass is 1020 g/mol. The Morgan fingerprint density at radius 1 is 0.733 bits per heavy atom. The minimum atomic E-state index is -4.69. The van der Waals surface area contributed by atoms with Crippen LogP contribution in [0.15, 0.2) is 134 Å². The third-order valence-electron chi connectivity index (χ3n) is 12.8. The Morgan fingerprint density at radius 3 is 2.04 bits per heavy atom. The number of aromatic amines is 2. The fourth-order valence-corrected chi connectivity index (χ4v) is 8.75. The van der Waals surface area contributed by atoms with Gasteiger partial charge in [-0.2, -0.15) is 28.4 Å². The SMILES string of the molecule is CC(NC(=O)c1cc2c(COCn3c(C(=O)N4CC(F)(F)C4)cc4ccc(-c5ncnc(Nc6ccc(-c7cn[nH]c7)cc6)n5)cc43)cc(-c3nccc(Nc4ccc(-c5cn[nH]c5)cc4)n3)cc2n1C)C(F)(F)F. The fraction of sp³-hybridized carbons (Fsp3) is 0.173. The molecule has 378 valence electrons. The average molecular weight is 1020 g/mol. The number of carbonyl (C=O) groups is 2. The van der Waals surface area contributed by atoms with Gasteiger partial charge in [0.2, 0.25) is 5.95 Å². The van der Waals surface area contributed by atoms with Crippen molar-refractivity contribution in [2.24, 2.45) is 7.05 Å². The lowest BCUT2D eigenvalue weighted by Gasteiger charge is -2.38. The minimum Gasteiger partial charge on any atom is -0.356 e. The summed E-state index contributed by atoms with van der Waals surface area (Å²) in [7, 11) is 1.56. The fourth-order valence-electron chi connectivity index (χ4n) is 8.75. The molecule has 0 spiro atoms. The number of H-pyrrole nitrogens is 2. The number of halogens is 5. The molecule has 1 aliphatic rings. The standard InChI is InChI=1S/C52H42F5N15O3/c1-29(52(55,56)57)65-48(73)43-19-40-35(15-34(18-42(40)70(43)2)47-58-14-13-45(68-47)66-38-9-5-30(6-10-38)36-20-61-62-21-36)24-75-28-72-41-17-33(4-3-32(41)16-44(72)49(74)71-25-51(53,54)26-71)46-59-27-60-50(69-46)67-39-11-7-31(8-12-39)37-22-63-64-23-37/h3-23,27,29H,24-26,28H2,1-2H3,(H,61,62)(H,63,64)(H,65,73)(H,58,66,68)(H,59,60,67,69). The molecule has 0 aliphatic carbocycles. The van der Waals surface area contributed by atoms with Gasteiger partial charge in [-0.15, -0.1) is 0 Å².